The summed E-state index contributed by atoms with van der Waals surface area (Å²) in [4.78, 5) is 13.8. The smallest absolute Gasteiger partial charge is 0.191 e. The van der Waals surface area contributed by atoms with Gasteiger partial charge in [0.2, 0.25) is 0 Å². The van der Waals surface area contributed by atoms with Crippen LogP contribution in [0, 0.1) is 5.92 Å². The minimum atomic E-state index is 0. The van der Waals surface area contributed by atoms with Crippen LogP contribution in [-0.2, 0) is 6.54 Å². The Morgan fingerprint density at radius 2 is 1.90 bits per heavy atom. The summed E-state index contributed by atoms with van der Waals surface area (Å²) in [5.41, 5.74) is 1.18. The number of nitrogens with one attached hydrogen (secondary N) is 2. The maximum absolute atomic E-state index is 4.68. The number of aliphatic imine (C=N–C) groups is 1. The molecule has 1 aromatic rings. The molecule has 7 heteroatoms. The quantitative estimate of drug-likeness (QED) is 0.320. The Hall–Kier alpha value is -1.09. The predicted octanol–water partition coefficient (Wildman–Crippen LogP) is 3.87. The van der Waals surface area contributed by atoms with Crippen molar-refractivity contribution >= 4 is 35.8 Å². The number of nitrogens with zero attached hydrogens (tertiary/aromatic N) is 4. The molecule has 2 fully saturated rings. The number of guanidine groups is 1. The average molecular weight is 529 g/mol. The maximum Gasteiger partial charge on any atom is 0.191 e. The number of rotatable bonds is 7. The van der Waals surface area contributed by atoms with Crippen molar-refractivity contribution < 1.29 is 0 Å². The van der Waals surface area contributed by atoms with Gasteiger partial charge < -0.3 is 20.4 Å². The summed E-state index contributed by atoms with van der Waals surface area (Å²) in [7, 11) is 4.02. The van der Waals surface area contributed by atoms with Gasteiger partial charge in [-0.3, -0.25) is 4.99 Å². The summed E-state index contributed by atoms with van der Waals surface area (Å²) in [6.07, 6.45) is 11.7. The van der Waals surface area contributed by atoms with Crippen LogP contribution in [0.5, 0.6) is 0 Å². The number of anilines is 1. The van der Waals surface area contributed by atoms with Crippen molar-refractivity contribution in [2.24, 2.45) is 10.9 Å². The van der Waals surface area contributed by atoms with Gasteiger partial charge in [0.25, 0.3) is 0 Å². The first-order valence-corrected chi connectivity index (χ1v) is 11.5. The highest BCUT2D eigenvalue weighted by molar-refractivity contribution is 14.0. The minimum Gasteiger partial charge on any atom is -0.354 e. The Kier molecular flexibility index (Phi) is 11.2. The second-order valence-corrected chi connectivity index (χ2v) is 8.87. The first kappa shape index (κ1) is 25.2. The topological polar surface area (TPSA) is 55.8 Å². The predicted molar refractivity (Wildman–Crippen MR) is 138 cm³/mol. The number of pyridine rings is 1. The lowest BCUT2D eigenvalue weighted by atomic mass is 9.85. The van der Waals surface area contributed by atoms with E-state index in [9.17, 15) is 0 Å². The third kappa shape index (κ3) is 8.21. The van der Waals surface area contributed by atoms with Crippen molar-refractivity contribution in [3.8, 4) is 0 Å². The molecule has 2 N–H and O–H groups in total. The lowest BCUT2D eigenvalue weighted by Gasteiger charge is -2.33. The zero-order valence-electron chi connectivity index (χ0n) is 19.1. The molecule has 170 valence electrons. The molecule has 1 saturated heterocycles. The van der Waals surface area contributed by atoms with Gasteiger partial charge in [-0.2, -0.15) is 0 Å². The first-order chi connectivity index (χ1) is 14.1. The van der Waals surface area contributed by atoms with E-state index < -0.39 is 0 Å². The molecule has 0 bridgehead atoms. The summed E-state index contributed by atoms with van der Waals surface area (Å²) >= 11 is 0. The molecule has 1 unspecified atom stereocenters. The van der Waals surface area contributed by atoms with Crippen molar-refractivity contribution in [2.45, 2.75) is 64.5 Å². The largest absolute Gasteiger partial charge is 0.354 e. The monoisotopic (exact) mass is 528 g/mol. The van der Waals surface area contributed by atoms with Crippen LogP contribution in [0.25, 0.3) is 0 Å². The van der Waals surface area contributed by atoms with Crippen LogP contribution in [0.3, 0.4) is 0 Å². The van der Waals surface area contributed by atoms with E-state index in [1.54, 1.807) is 0 Å². The molecule has 30 heavy (non-hydrogen) atoms. The van der Waals surface area contributed by atoms with Crippen molar-refractivity contribution in [3.63, 3.8) is 0 Å². The third-order valence-electron chi connectivity index (χ3n) is 6.44. The molecule has 1 saturated carbocycles. The van der Waals surface area contributed by atoms with Crippen LogP contribution in [0.1, 0.15) is 57.4 Å². The van der Waals surface area contributed by atoms with Crippen molar-refractivity contribution in [1.29, 1.82) is 0 Å². The van der Waals surface area contributed by atoms with E-state index in [1.165, 1.54) is 50.5 Å². The van der Waals surface area contributed by atoms with Gasteiger partial charge in [0.1, 0.15) is 5.82 Å². The number of hydrogen-bond donors (Lipinski definition) is 2. The lowest BCUT2D eigenvalue weighted by molar-refractivity contribution is 0.312. The molecule has 1 atom stereocenters. The van der Waals surface area contributed by atoms with Crippen LogP contribution in [0.4, 0.5) is 5.82 Å². The molecule has 1 aliphatic heterocycles. The molecule has 2 heterocycles. The third-order valence-corrected chi connectivity index (χ3v) is 6.44. The summed E-state index contributed by atoms with van der Waals surface area (Å²) in [5.74, 6) is 2.90. The van der Waals surface area contributed by atoms with Crippen LogP contribution in [0.15, 0.2) is 23.3 Å². The molecule has 0 radical (unpaired) electrons. The SMILES string of the molecule is CN=C(NCc1ccc(N2CCN(C)CC2)nc1)NC(C)CCC1CCCCC1.I. The number of halogens is 1. The fraction of sp³-hybridized carbons (Fsp3) is 0.739. The number of likely N-dealkylation sites (N-methyl/N-ethyl adjacent to an activating group) is 1. The number of aromatic nitrogens is 1. The van der Waals surface area contributed by atoms with Crippen molar-refractivity contribution in [1.82, 2.24) is 20.5 Å². The molecular formula is C23H41IN6. The van der Waals surface area contributed by atoms with Crippen LogP contribution in [0.2, 0.25) is 0 Å². The van der Waals surface area contributed by atoms with Crippen molar-refractivity contribution in [2.75, 3.05) is 45.2 Å². The minimum absolute atomic E-state index is 0. The van der Waals surface area contributed by atoms with Gasteiger partial charge in [0.05, 0.1) is 0 Å². The number of hydrogen-bond acceptors (Lipinski definition) is 4. The molecule has 2 aliphatic rings. The first-order valence-electron chi connectivity index (χ1n) is 11.5. The molecular weight excluding hydrogens is 487 g/mol. The second-order valence-electron chi connectivity index (χ2n) is 8.87. The summed E-state index contributed by atoms with van der Waals surface area (Å²) in [6.45, 7) is 7.32. The maximum atomic E-state index is 4.68. The van der Waals surface area contributed by atoms with E-state index >= 15 is 0 Å². The van der Waals surface area contributed by atoms with Crippen LogP contribution >= 0.6 is 24.0 Å². The number of piperazine rings is 1. The van der Waals surface area contributed by atoms with E-state index in [2.05, 4.69) is 56.5 Å². The lowest BCUT2D eigenvalue weighted by Crippen LogP contribution is -2.44. The van der Waals surface area contributed by atoms with Gasteiger partial charge in [0.15, 0.2) is 5.96 Å². The van der Waals surface area contributed by atoms with Crippen molar-refractivity contribution in [3.05, 3.63) is 23.9 Å². The van der Waals surface area contributed by atoms with E-state index in [0.717, 1.165) is 50.4 Å². The van der Waals surface area contributed by atoms with Gasteiger partial charge in [0, 0.05) is 52.0 Å². The van der Waals surface area contributed by atoms with Gasteiger partial charge in [-0.05, 0) is 44.4 Å². The highest BCUT2D eigenvalue weighted by Crippen LogP contribution is 2.27. The van der Waals surface area contributed by atoms with Gasteiger partial charge in [-0.25, -0.2) is 4.98 Å². The Morgan fingerprint density at radius 3 is 2.53 bits per heavy atom. The fourth-order valence-electron chi connectivity index (χ4n) is 4.39. The van der Waals surface area contributed by atoms with Gasteiger partial charge >= 0.3 is 0 Å². The summed E-state index contributed by atoms with van der Waals surface area (Å²) in [6, 6.07) is 4.76. The molecule has 0 aromatic carbocycles. The fourth-order valence-corrected chi connectivity index (χ4v) is 4.39. The van der Waals surface area contributed by atoms with Crippen LogP contribution in [-0.4, -0.2) is 62.2 Å². The highest BCUT2D eigenvalue weighted by atomic mass is 127. The molecule has 0 amide bonds. The molecule has 1 aromatic heterocycles. The standard InChI is InChI=1S/C23H40N6.HI/c1-19(9-10-20-7-5-4-6-8-20)27-23(24-2)26-18-21-11-12-22(25-17-21)29-15-13-28(3)14-16-29;/h11-12,17,19-20H,4-10,13-16,18H2,1-3H3,(H2,24,26,27);1H. The Labute approximate surface area is 200 Å². The zero-order chi connectivity index (χ0) is 20.5. The molecule has 6 nitrogen and oxygen atoms in total. The van der Waals surface area contributed by atoms with E-state index in [4.69, 9.17) is 0 Å². The van der Waals surface area contributed by atoms with E-state index in [1.807, 2.05) is 13.2 Å². The molecule has 3 rings (SSSR count). The normalized spacial score (nSPS) is 19.8. The van der Waals surface area contributed by atoms with Crippen LogP contribution < -0.4 is 15.5 Å². The highest BCUT2D eigenvalue weighted by Gasteiger charge is 2.16. The zero-order valence-corrected chi connectivity index (χ0v) is 21.4. The summed E-state index contributed by atoms with van der Waals surface area (Å²) < 4.78 is 0. The van der Waals surface area contributed by atoms with E-state index in [0.29, 0.717) is 6.04 Å². The molecule has 1 aliphatic carbocycles. The average Bonchev–Trinajstić information content (AvgIpc) is 2.77. The van der Waals surface area contributed by atoms with E-state index in [-0.39, 0.29) is 24.0 Å². The molecule has 0 spiro atoms. The Balaban J connectivity index is 0.00000320. The Bertz CT molecular complexity index is 621. The Morgan fingerprint density at radius 1 is 1.17 bits per heavy atom. The summed E-state index contributed by atoms with van der Waals surface area (Å²) in [5, 5.41) is 6.99. The van der Waals surface area contributed by atoms with Gasteiger partial charge in [-0.1, -0.05) is 38.2 Å². The second kappa shape index (κ2) is 13.3. The van der Waals surface area contributed by atoms with Gasteiger partial charge in [-0.15, -0.1) is 24.0 Å².